The number of nitrogens with one attached hydrogen (secondary N) is 1. The van der Waals surface area contributed by atoms with Gasteiger partial charge in [-0.2, -0.15) is 0 Å². The fourth-order valence-corrected chi connectivity index (χ4v) is 4.44. The highest BCUT2D eigenvalue weighted by Gasteiger charge is 2.36. The maximum atomic E-state index is 12.9. The molecular formula is C25H21N3O5S. The molecule has 4 rings (SSSR count). The predicted octanol–water partition coefficient (Wildman–Crippen LogP) is 4.47. The Morgan fingerprint density at radius 2 is 1.68 bits per heavy atom. The third-order valence-corrected chi connectivity index (χ3v) is 6.28. The first-order chi connectivity index (χ1) is 16.2. The highest BCUT2D eigenvalue weighted by Crippen LogP contribution is 2.32. The number of anilines is 1. The van der Waals surface area contributed by atoms with Crippen molar-refractivity contribution in [1.29, 1.82) is 0 Å². The Hall–Kier alpha value is -4.11. The molecule has 2 heterocycles. The number of rotatable bonds is 6. The minimum atomic E-state index is -1.02. The van der Waals surface area contributed by atoms with E-state index in [1.54, 1.807) is 41.1 Å². The SMILES string of the molecule is Cc1cccc(C)c1NC(=O)CN1C(=O)SC(=Cc2cccn2-c2ccc(C(=O)O)cc2)C1=O. The van der Waals surface area contributed by atoms with Crippen LogP contribution in [-0.2, 0) is 9.59 Å². The highest BCUT2D eigenvalue weighted by atomic mass is 32.2. The van der Waals surface area contributed by atoms with E-state index in [2.05, 4.69) is 5.32 Å². The summed E-state index contributed by atoms with van der Waals surface area (Å²) >= 11 is 0.772. The van der Waals surface area contributed by atoms with Crippen molar-refractivity contribution >= 4 is 46.5 Å². The molecule has 0 aliphatic carbocycles. The van der Waals surface area contributed by atoms with Crippen LogP contribution in [0, 0.1) is 13.8 Å². The average molecular weight is 476 g/mol. The molecule has 1 aliphatic heterocycles. The molecule has 0 bridgehead atoms. The lowest BCUT2D eigenvalue weighted by Gasteiger charge is -2.15. The average Bonchev–Trinajstić information content (AvgIpc) is 3.36. The molecule has 0 unspecified atom stereocenters. The molecule has 3 aromatic rings. The molecule has 2 N–H and O–H groups in total. The number of carboxylic acids is 1. The second-order valence-electron chi connectivity index (χ2n) is 7.74. The summed E-state index contributed by atoms with van der Waals surface area (Å²) in [4.78, 5) is 50.2. The van der Waals surface area contributed by atoms with Crippen LogP contribution in [0.5, 0.6) is 0 Å². The van der Waals surface area contributed by atoms with Crippen molar-refractivity contribution in [1.82, 2.24) is 9.47 Å². The number of amides is 3. The molecule has 0 saturated carbocycles. The molecule has 1 fully saturated rings. The summed E-state index contributed by atoms with van der Waals surface area (Å²) in [5.41, 5.74) is 3.94. The van der Waals surface area contributed by atoms with Gasteiger partial charge in [-0.25, -0.2) is 4.79 Å². The summed E-state index contributed by atoms with van der Waals surface area (Å²) < 4.78 is 1.77. The standard InChI is InChI=1S/C25H21N3O5S/c1-15-5-3-6-16(2)22(15)26-21(29)14-28-23(30)20(34-25(28)33)13-19-7-4-12-27(19)18-10-8-17(9-11-18)24(31)32/h3-13H,14H2,1-2H3,(H,26,29)(H,31,32). The number of nitrogens with zero attached hydrogens (tertiary/aromatic N) is 2. The minimum Gasteiger partial charge on any atom is -0.478 e. The Bertz CT molecular complexity index is 1320. The van der Waals surface area contributed by atoms with Gasteiger partial charge in [-0.3, -0.25) is 19.3 Å². The molecule has 0 radical (unpaired) electrons. The summed E-state index contributed by atoms with van der Waals surface area (Å²) in [5, 5.41) is 11.4. The van der Waals surface area contributed by atoms with E-state index in [0.717, 1.165) is 27.8 Å². The lowest BCUT2D eigenvalue weighted by atomic mass is 10.1. The van der Waals surface area contributed by atoms with Gasteiger partial charge in [0, 0.05) is 23.3 Å². The van der Waals surface area contributed by atoms with E-state index in [1.807, 2.05) is 32.0 Å². The summed E-state index contributed by atoms with van der Waals surface area (Å²) in [6.45, 7) is 3.36. The van der Waals surface area contributed by atoms with Crippen molar-refractivity contribution in [2.75, 3.05) is 11.9 Å². The fraction of sp³-hybridized carbons (Fsp3) is 0.120. The monoisotopic (exact) mass is 475 g/mol. The van der Waals surface area contributed by atoms with E-state index < -0.39 is 23.0 Å². The Balaban J connectivity index is 1.51. The minimum absolute atomic E-state index is 0.165. The maximum Gasteiger partial charge on any atom is 0.335 e. The molecule has 34 heavy (non-hydrogen) atoms. The van der Waals surface area contributed by atoms with Crippen LogP contribution in [0.25, 0.3) is 11.8 Å². The number of aromatic nitrogens is 1. The first kappa shape index (κ1) is 23.1. The van der Waals surface area contributed by atoms with Gasteiger partial charge in [0.1, 0.15) is 6.54 Å². The van der Waals surface area contributed by atoms with E-state index in [0.29, 0.717) is 17.1 Å². The molecule has 9 heteroatoms. The largest absolute Gasteiger partial charge is 0.478 e. The number of carbonyl (C=O) groups excluding carboxylic acids is 3. The van der Waals surface area contributed by atoms with E-state index in [9.17, 15) is 19.2 Å². The van der Waals surface area contributed by atoms with Gasteiger partial charge in [-0.15, -0.1) is 0 Å². The molecule has 1 aromatic heterocycles. The number of carboxylic acid groups (broad SMARTS) is 1. The smallest absolute Gasteiger partial charge is 0.335 e. The lowest BCUT2D eigenvalue weighted by Crippen LogP contribution is -2.36. The van der Waals surface area contributed by atoms with Gasteiger partial charge in [0.25, 0.3) is 11.1 Å². The number of hydrogen-bond acceptors (Lipinski definition) is 5. The van der Waals surface area contributed by atoms with Crippen molar-refractivity contribution in [3.05, 3.63) is 88.1 Å². The third-order valence-electron chi connectivity index (χ3n) is 5.37. The molecule has 3 amide bonds. The van der Waals surface area contributed by atoms with Gasteiger partial charge >= 0.3 is 5.97 Å². The Labute approximate surface area is 199 Å². The molecule has 172 valence electrons. The lowest BCUT2D eigenvalue weighted by molar-refractivity contribution is -0.127. The second-order valence-corrected chi connectivity index (χ2v) is 8.73. The molecule has 0 spiro atoms. The molecule has 8 nitrogen and oxygen atoms in total. The molecule has 1 aliphatic rings. The van der Waals surface area contributed by atoms with Crippen LogP contribution in [0.15, 0.2) is 65.7 Å². The van der Waals surface area contributed by atoms with Crippen LogP contribution < -0.4 is 5.32 Å². The first-order valence-corrected chi connectivity index (χ1v) is 11.2. The van der Waals surface area contributed by atoms with Crippen molar-refractivity contribution < 1.29 is 24.3 Å². The van der Waals surface area contributed by atoms with Crippen molar-refractivity contribution in [2.24, 2.45) is 0 Å². The topological polar surface area (TPSA) is 109 Å². The van der Waals surface area contributed by atoms with Gasteiger partial charge in [-0.1, -0.05) is 18.2 Å². The summed E-state index contributed by atoms with van der Waals surface area (Å²) in [6, 6.07) is 15.5. The van der Waals surface area contributed by atoms with E-state index in [-0.39, 0.29) is 17.0 Å². The Morgan fingerprint density at radius 1 is 1.00 bits per heavy atom. The van der Waals surface area contributed by atoms with Crippen LogP contribution in [0.3, 0.4) is 0 Å². The van der Waals surface area contributed by atoms with E-state index in [1.165, 1.54) is 12.1 Å². The number of carbonyl (C=O) groups is 4. The summed E-state index contributed by atoms with van der Waals surface area (Å²) in [6.07, 6.45) is 3.35. The zero-order chi connectivity index (χ0) is 24.4. The molecular weight excluding hydrogens is 454 g/mol. The number of imide groups is 1. The number of benzene rings is 2. The maximum absolute atomic E-state index is 12.9. The number of para-hydroxylation sites is 1. The third kappa shape index (κ3) is 4.65. The molecule has 2 aromatic carbocycles. The number of thioether (sulfide) groups is 1. The van der Waals surface area contributed by atoms with Crippen molar-refractivity contribution in [3.63, 3.8) is 0 Å². The van der Waals surface area contributed by atoms with E-state index in [4.69, 9.17) is 5.11 Å². The normalized spacial score (nSPS) is 14.6. The van der Waals surface area contributed by atoms with Crippen LogP contribution in [-0.4, -0.2) is 44.1 Å². The molecule has 1 saturated heterocycles. The van der Waals surface area contributed by atoms with Gasteiger partial charge in [0.2, 0.25) is 5.91 Å². The molecule has 0 atom stereocenters. The van der Waals surface area contributed by atoms with Crippen LogP contribution in [0.4, 0.5) is 10.5 Å². The van der Waals surface area contributed by atoms with E-state index >= 15 is 0 Å². The Kier molecular flexibility index (Phi) is 6.38. The van der Waals surface area contributed by atoms with Crippen LogP contribution in [0.2, 0.25) is 0 Å². The highest BCUT2D eigenvalue weighted by molar-refractivity contribution is 8.18. The zero-order valence-electron chi connectivity index (χ0n) is 18.4. The number of aromatic carboxylic acids is 1. The number of hydrogen-bond donors (Lipinski definition) is 2. The van der Waals surface area contributed by atoms with Crippen LogP contribution in [0.1, 0.15) is 27.2 Å². The van der Waals surface area contributed by atoms with Crippen molar-refractivity contribution in [3.8, 4) is 5.69 Å². The predicted molar refractivity (Wildman–Crippen MR) is 130 cm³/mol. The van der Waals surface area contributed by atoms with Crippen LogP contribution >= 0.6 is 11.8 Å². The summed E-state index contributed by atoms with van der Waals surface area (Å²) in [5.74, 6) is -2.02. The fourth-order valence-electron chi connectivity index (χ4n) is 3.62. The second kappa shape index (κ2) is 9.40. The van der Waals surface area contributed by atoms with Gasteiger partial charge in [0.15, 0.2) is 0 Å². The zero-order valence-corrected chi connectivity index (χ0v) is 19.3. The number of aryl methyl sites for hydroxylation is 2. The van der Waals surface area contributed by atoms with Gasteiger partial charge in [-0.05, 0) is 79.2 Å². The summed E-state index contributed by atoms with van der Waals surface area (Å²) in [7, 11) is 0. The van der Waals surface area contributed by atoms with Gasteiger partial charge < -0.3 is 15.0 Å². The van der Waals surface area contributed by atoms with Crippen molar-refractivity contribution in [2.45, 2.75) is 13.8 Å². The Morgan fingerprint density at radius 3 is 2.32 bits per heavy atom. The first-order valence-electron chi connectivity index (χ1n) is 10.4. The van der Waals surface area contributed by atoms with Gasteiger partial charge in [0.05, 0.1) is 10.5 Å². The quantitative estimate of drug-likeness (QED) is 0.510.